The van der Waals surface area contributed by atoms with Gasteiger partial charge < -0.3 is 178 Å². The number of carboxylic acids is 4. The van der Waals surface area contributed by atoms with Gasteiger partial charge in [-0.05, 0) is 23.0 Å². The summed E-state index contributed by atoms with van der Waals surface area (Å²) in [5.74, 6) is -4.45. The van der Waals surface area contributed by atoms with Crippen LogP contribution in [-0.4, -0.2) is 488 Å². The molecule has 48 nitrogen and oxygen atoms in total. The van der Waals surface area contributed by atoms with Crippen LogP contribution in [0.3, 0.4) is 0 Å². The predicted molar refractivity (Wildman–Crippen MR) is 435 cm³/mol. The maximum atomic E-state index is 12.2. The van der Waals surface area contributed by atoms with Gasteiger partial charge in [0.25, 0.3) is 0 Å². The number of aliphatic hydroxyl groups is 16. The molecular weight excluding hydrogens is 1890 g/mol. The minimum absolute atomic E-state index is 0.0129. The van der Waals surface area contributed by atoms with Gasteiger partial charge in [0, 0.05) is 69.0 Å². The van der Waals surface area contributed by atoms with Crippen LogP contribution in [0.5, 0.6) is 0 Å². The fourth-order valence-electron chi connectivity index (χ4n) is 14.2. The van der Waals surface area contributed by atoms with Gasteiger partial charge in [-0.3, -0.25) is 19.2 Å². The number of hydrogen-bond donors (Lipinski definition) is 20. The SMILES string of the molecule is CCSCC1O[C@@H]2O[C@@H]3C(CSCCC(=O)O)O[C@H](O[C@@H]4C(CSCCC(=O)O)O[C@H](O[C@@H]5C(CSCCC(=O)O)O[C@H](O[C@@H]6C(CSCCC(=O)O)O[C@H](O[C@@H]7C(CSCC)O[C@H](O[C@@H]8C(CSCC)O[C@@H](O[C@@H]9C(CSCC)O[C@H](O[C@H]1[C@H](O)C2O)C(O)[C@H]9O)C(O)[C@H]8O)C(O)[C@H]7O)C(O)[C@H]6O)C(O)[C@H]5O)C(O)[C@H]4O)C(O)[C@H]3O.O=C=O.O=C=O.O=C=O.O=C=O. The van der Waals surface area contributed by atoms with Crippen LogP contribution in [-0.2, 0) is 133 Å². The first-order valence-electron chi connectivity index (χ1n) is 39.8. The van der Waals surface area contributed by atoms with Crippen molar-refractivity contribution >= 4 is 143 Å². The lowest BCUT2D eigenvalue weighted by atomic mass is 9.95. The maximum Gasteiger partial charge on any atom is 0.373 e. The summed E-state index contributed by atoms with van der Waals surface area (Å²) in [6, 6.07) is 0. The Hall–Kier alpha value is -3.08. The third-order valence-electron chi connectivity index (χ3n) is 20.4. The zero-order valence-corrected chi connectivity index (χ0v) is 75.4. The van der Waals surface area contributed by atoms with Crippen molar-refractivity contribution in [3.63, 3.8) is 0 Å². The summed E-state index contributed by atoms with van der Waals surface area (Å²) in [6.45, 7) is 7.23. The zero-order chi connectivity index (χ0) is 95.3. The molecule has 0 aromatic rings. The Morgan fingerprint density at radius 3 is 0.414 bits per heavy atom. The summed E-state index contributed by atoms with van der Waals surface area (Å²) >= 11 is 8.96. The van der Waals surface area contributed by atoms with Gasteiger partial charge in [-0.15, -0.1) is 0 Å². The number of carboxylic acid groups (broad SMARTS) is 4. The Kier molecular flexibility index (Phi) is 53.9. The van der Waals surface area contributed by atoms with E-state index in [9.17, 15) is 121 Å². The van der Waals surface area contributed by atoms with Crippen LogP contribution >= 0.6 is 94.1 Å². The largest absolute Gasteiger partial charge is 0.481 e. The lowest BCUT2D eigenvalue weighted by Gasteiger charge is -2.51. The van der Waals surface area contributed by atoms with E-state index in [1.165, 1.54) is 47.0 Å². The smallest absolute Gasteiger partial charge is 0.373 e. The first-order chi connectivity index (χ1) is 61.0. The average Bonchev–Trinajstić information content (AvgIpc) is 0.769. The molecule has 20 N–H and O–H groups in total. The molecule has 0 spiro atoms. The van der Waals surface area contributed by atoms with Crippen molar-refractivity contribution < 1.29 is 235 Å². The molecule has 736 valence electrons. The number of carbonyl (C=O) groups excluding carboxylic acids is 8. The minimum Gasteiger partial charge on any atom is -0.481 e. The second-order valence-corrected chi connectivity index (χ2v) is 38.7. The van der Waals surface area contributed by atoms with E-state index in [4.69, 9.17) is 114 Å². The molecule has 128 heavy (non-hydrogen) atoms. The molecule has 56 heteroatoms. The molecule has 30 heterocycles. The molecule has 0 aromatic carbocycles. The average molecular weight is 2000 g/mol. The molecule has 40 atom stereocenters. The van der Waals surface area contributed by atoms with Crippen LogP contribution in [0.15, 0.2) is 0 Å². The Morgan fingerprint density at radius 2 is 0.312 bits per heavy atom. The van der Waals surface area contributed by atoms with Crippen LogP contribution in [0.4, 0.5) is 0 Å². The highest BCUT2D eigenvalue weighted by Gasteiger charge is 2.61. The van der Waals surface area contributed by atoms with Crippen LogP contribution < -0.4 is 0 Å². The number of ether oxygens (including phenoxy) is 16. The Balaban J connectivity index is 0.00000229. The van der Waals surface area contributed by atoms with E-state index >= 15 is 0 Å². The monoisotopic (exact) mass is 2000 g/mol. The summed E-state index contributed by atoms with van der Waals surface area (Å²) in [5.41, 5.74) is 0. The first-order valence-corrected chi connectivity index (χ1v) is 49.0. The molecule has 30 saturated heterocycles. The van der Waals surface area contributed by atoms with Gasteiger partial charge in [-0.1, -0.05) is 27.7 Å². The van der Waals surface area contributed by atoms with Gasteiger partial charge in [-0.25, -0.2) is 0 Å². The van der Waals surface area contributed by atoms with Crippen molar-refractivity contribution in [3.05, 3.63) is 0 Å². The topological polar surface area (TPSA) is 757 Å². The molecule has 0 amide bonds. The van der Waals surface area contributed by atoms with Gasteiger partial charge in [0.15, 0.2) is 50.3 Å². The van der Waals surface area contributed by atoms with E-state index < -0.39 is 282 Å². The molecule has 0 aliphatic carbocycles. The summed E-state index contributed by atoms with van der Waals surface area (Å²) in [7, 11) is 0. The summed E-state index contributed by atoms with van der Waals surface area (Å²) < 4.78 is 101. The number of rotatable bonds is 32. The summed E-state index contributed by atoms with van der Waals surface area (Å²) in [4.78, 5) is 112. The zero-order valence-electron chi connectivity index (χ0n) is 68.9. The third kappa shape index (κ3) is 33.7. The number of aliphatic hydroxyl groups excluding tert-OH is 16. The molecule has 0 saturated carbocycles. The van der Waals surface area contributed by atoms with Crippen molar-refractivity contribution in [2.45, 2.75) is 299 Å². The normalized spacial score (nSPS) is 40.8. The van der Waals surface area contributed by atoms with Gasteiger partial charge >= 0.3 is 48.5 Å². The Labute approximate surface area is 764 Å². The van der Waals surface area contributed by atoms with E-state index in [-0.39, 0.29) is 106 Å². The molecule has 0 aromatic heterocycles. The molecule has 30 aliphatic rings. The molecule has 0 radical (unpaired) electrons. The fraction of sp³-hybridized carbons (Fsp3) is 0.889. The second kappa shape index (κ2) is 59.8. The van der Waals surface area contributed by atoms with E-state index in [1.54, 1.807) is 13.8 Å². The van der Waals surface area contributed by atoms with Gasteiger partial charge in [0.1, 0.15) is 146 Å². The third-order valence-corrected chi connectivity index (χ3v) is 28.5. The van der Waals surface area contributed by atoms with E-state index in [2.05, 4.69) is 0 Å². The Bertz CT molecular complexity index is 3280. The number of carbonyl (C=O) groups is 4. The second-order valence-electron chi connectivity index (χ2n) is 28.8. The fourth-order valence-corrected chi connectivity index (χ4v) is 21.1. The van der Waals surface area contributed by atoms with Crippen LogP contribution in [0.1, 0.15) is 53.4 Å². The van der Waals surface area contributed by atoms with E-state index in [1.807, 2.05) is 13.8 Å². The van der Waals surface area contributed by atoms with E-state index in [0.717, 1.165) is 47.0 Å². The van der Waals surface area contributed by atoms with Crippen LogP contribution in [0.25, 0.3) is 0 Å². The molecular formula is C72H112O48S8. The highest BCUT2D eigenvalue weighted by Crippen LogP contribution is 2.43. The van der Waals surface area contributed by atoms with Gasteiger partial charge in [0.2, 0.25) is 0 Å². The predicted octanol–water partition coefficient (Wildman–Crippen LogP) is -7.83. The van der Waals surface area contributed by atoms with Crippen molar-refractivity contribution in [2.75, 3.05) is 92.0 Å². The quantitative estimate of drug-likeness (QED) is 0.0278. The Morgan fingerprint density at radius 1 is 0.203 bits per heavy atom. The summed E-state index contributed by atoms with van der Waals surface area (Å²) in [5, 5.41) is 232. The van der Waals surface area contributed by atoms with E-state index in [0.29, 0.717) is 23.0 Å². The van der Waals surface area contributed by atoms with Crippen molar-refractivity contribution in [1.82, 2.24) is 0 Å². The minimum atomic E-state index is -2.24. The summed E-state index contributed by atoms with van der Waals surface area (Å²) in [6.07, 6.45) is -74.6. The number of hydrogen-bond acceptors (Lipinski definition) is 52. The first kappa shape index (κ1) is 115. The molecule has 30 rings (SSSR count). The molecule has 16 bridgehead atoms. The van der Waals surface area contributed by atoms with Gasteiger partial charge in [-0.2, -0.15) is 132 Å². The van der Waals surface area contributed by atoms with Crippen LogP contribution in [0.2, 0.25) is 0 Å². The van der Waals surface area contributed by atoms with Crippen molar-refractivity contribution in [3.8, 4) is 0 Å². The highest BCUT2D eigenvalue weighted by atomic mass is 32.2. The highest BCUT2D eigenvalue weighted by molar-refractivity contribution is 8.00. The number of thioether (sulfide) groups is 8. The molecule has 30 aliphatic heterocycles. The van der Waals surface area contributed by atoms with Gasteiger partial charge in [0.05, 0.1) is 74.5 Å². The lowest BCUT2D eigenvalue weighted by Crippen LogP contribution is -2.69. The number of aliphatic carboxylic acids is 4. The van der Waals surface area contributed by atoms with Crippen molar-refractivity contribution in [2.24, 2.45) is 0 Å². The lowest BCUT2D eigenvalue weighted by molar-refractivity contribution is -0.396. The standard InChI is InChI=1S/C68H112O40S8.4CO2/c1-5-109-17-25-53-38(78)46(86)62(94-25)103-55-27(19-111-7-3)96-64(48(88)40(55)80)105-57-29(21-113-13-9-33(69)70)98-66(50(90)42(57)82)107-59-31(23-115-15-11-35(73)74)100-68(52(92)44(59)84)108-60-32(24-116-16-12-36(75)76)99-67(51(91)43(60)83)106-58-30(22-114-14-10-34(71)72)97-65(49(89)41(58)81)104-56-28(20-112-8-4)95-63(47(87)39(56)79)102-54-26(18-110-6-2)93-61(101-53)45(85)37(54)77;4*2-1-3/h25-32,37-68,77-92H,5-24H2,1-4H3,(H,69,70)(H,71,72)(H,73,74)(H,75,76);;;;/t25?,26?,27?,28?,29?,30?,31?,32?,37-,38-,39-,40-,41-,42-,43-,44-,45?,46?,47?,48?,49?,50?,51?,52?,53-,54-,55-,56-,57-,58-,59-,60-,61+,62-,63-,64-,65-,66-,67-,68-;;;;/m1..../s1. The molecule has 16 unspecified atom stereocenters. The van der Waals surface area contributed by atoms with Crippen molar-refractivity contribution in [1.29, 1.82) is 0 Å². The molecule has 30 fully saturated rings. The van der Waals surface area contributed by atoms with Crippen LogP contribution in [0, 0.1) is 0 Å². The maximum absolute atomic E-state index is 12.2.